The quantitative estimate of drug-likeness (QED) is 0.767. The van der Waals surface area contributed by atoms with Gasteiger partial charge in [0.05, 0.1) is 7.11 Å². The van der Waals surface area contributed by atoms with Gasteiger partial charge in [-0.3, -0.25) is 4.84 Å². The molecule has 96 valence electrons. The fourth-order valence-electron chi connectivity index (χ4n) is 1.22. The molecule has 0 bridgehead atoms. The van der Waals surface area contributed by atoms with E-state index in [4.69, 9.17) is 11.6 Å². The van der Waals surface area contributed by atoms with Crippen molar-refractivity contribution in [1.82, 2.24) is 8.77 Å². The standard InChI is InChI=1S/C10H15ClN2O3S/c1-12(17(14,15)13(2)16-3)8-9-4-6-10(11)7-5-9/h4-7H,8H2,1-3H3. The van der Waals surface area contributed by atoms with Crippen LogP contribution in [0.5, 0.6) is 0 Å². The topological polar surface area (TPSA) is 49.9 Å². The number of hydrogen-bond acceptors (Lipinski definition) is 3. The maximum absolute atomic E-state index is 11.8. The average molecular weight is 279 g/mol. The van der Waals surface area contributed by atoms with Crippen molar-refractivity contribution in [1.29, 1.82) is 0 Å². The molecule has 0 aliphatic rings. The number of hydrogen-bond donors (Lipinski definition) is 0. The molecule has 1 aromatic rings. The normalized spacial score (nSPS) is 12.4. The summed E-state index contributed by atoms with van der Waals surface area (Å²) < 4.78 is 25.7. The summed E-state index contributed by atoms with van der Waals surface area (Å²) >= 11 is 5.75. The lowest BCUT2D eigenvalue weighted by Crippen LogP contribution is -2.38. The third kappa shape index (κ3) is 3.65. The summed E-state index contributed by atoms with van der Waals surface area (Å²) in [6, 6.07) is 7.00. The number of rotatable bonds is 5. The van der Waals surface area contributed by atoms with Gasteiger partial charge in [-0.05, 0) is 17.7 Å². The number of nitrogens with zero attached hydrogens (tertiary/aromatic N) is 2. The second-order valence-corrected chi connectivity index (χ2v) is 5.95. The van der Waals surface area contributed by atoms with Gasteiger partial charge in [0, 0.05) is 25.7 Å². The van der Waals surface area contributed by atoms with Gasteiger partial charge in [-0.25, -0.2) is 0 Å². The fraction of sp³-hybridized carbons (Fsp3) is 0.400. The molecule has 0 radical (unpaired) electrons. The molecule has 0 unspecified atom stereocenters. The van der Waals surface area contributed by atoms with E-state index in [0.29, 0.717) is 5.02 Å². The van der Waals surface area contributed by atoms with Gasteiger partial charge in [-0.1, -0.05) is 28.2 Å². The van der Waals surface area contributed by atoms with Crippen LogP contribution in [0.15, 0.2) is 24.3 Å². The molecular weight excluding hydrogens is 264 g/mol. The Bertz CT molecular complexity index is 461. The number of halogens is 1. The Morgan fingerprint density at radius 1 is 1.24 bits per heavy atom. The lowest BCUT2D eigenvalue weighted by molar-refractivity contribution is -0.0311. The predicted molar refractivity (Wildman–Crippen MR) is 66.6 cm³/mol. The molecule has 0 saturated heterocycles. The maximum Gasteiger partial charge on any atom is 0.303 e. The van der Waals surface area contributed by atoms with Gasteiger partial charge in [0.25, 0.3) is 0 Å². The molecule has 1 rings (SSSR count). The van der Waals surface area contributed by atoms with E-state index in [-0.39, 0.29) is 6.54 Å². The van der Waals surface area contributed by atoms with Crippen LogP contribution in [-0.4, -0.2) is 38.4 Å². The Morgan fingerprint density at radius 3 is 2.24 bits per heavy atom. The Balaban J connectivity index is 2.79. The minimum atomic E-state index is -3.59. The second kappa shape index (κ2) is 5.79. The monoisotopic (exact) mass is 278 g/mol. The van der Waals surface area contributed by atoms with Gasteiger partial charge < -0.3 is 0 Å². The van der Waals surface area contributed by atoms with E-state index in [1.807, 2.05) is 0 Å². The summed E-state index contributed by atoms with van der Waals surface area (Å²) in [6.45, 7) is 0.257. The number of benzene rings is 1. The van der Waals surface area contributed by atoms with Crippen LogP contribution in [0.25, 0.3) is 0 Å². The first-order valence-corrected chi connectivity index (χ1v) is 6.64. The highest BCUT2D eigenvalue weighted by molar-refractivity contribution is 7.86. The molecule has 0 aliphatic carbocycles. The van der Waals surface area contributed by atoms with Crippen molar-refractivity contribution < 1.29 is 13.3 Å². The van der Waals surface area contributed by atoms with E-state index in [1.165, 1.54) is 25.5 Å². The van der Waals surface area contributed by atoms with E-state index in [0.717, 1.165) is 10.0 Å². The lowest BCUT2D eigenvalue weighted by atomic mass is 10.2. The first kappa shape index (κ1) is 14.4. The molecule has 0 atom stereocenters. The minimum Gasteiger partial charge on any atom is -0.287 e. The Hall–Kier alpha value is -0.660. The van der Waals surface area contributed by atoms with E-state index in [9.17, 15) is 8.42 Å². The Labute approximate surface area is 107 Å². The van der Waals surface area contributed by atoms with Gasteiger partial charge in [0.2, 0.25) is 0 Å². The zero-order valence-corrected chi connectivity index (χ0v) is 11.5. The molecule has 0 aliphatic heterocycles. The van der Waals surface area contributed by atoms with Crippen molar-refractivity contribution in [2.24, 2.45) is 0 Å². The van der Waals surface area contributed by atoms with Crippen molar-refractivity contribution in [2.75, 3.05) is 21.2 Å². The number of hydroxylamine groups is 1. The van der Waals surface area contributed by atoms with Crippen LogP contribution in [0.4, 0.5) is 0 Å². The summed E-state index contributed by atoms with van der Waals surface area (Å²) in [5, 5.41) is 0.619. The highest BCUT2D eigenvalue weighted by Crippen LogP contribution is 2.13. The van der Waals surface area contributed by atoms with Gasteiger partial charge in [-0.2, -0.15) is 12.7 Å². The van der Waals surface area contributed by atoms with Crippen LogP contribution in [0, 0.1) is 0 Å². The van der Waals surface area contributed by atoms with Crippen molar-refractivity contribution in [3.8, 4) is 0 Å². The molecule has 1 aromatic carbocycles. The summed E-state index contributed by atoms with van der Waals surface area (Å²) in [4.78, 5) is 4.68. The molecule has 0 heterocycles. The van der Waals surface area contributed by atoms with Gasteiger partial charge >= 0.3 is 10.2 Å². The van der Waals surface area contributed by atoms with Crippen LogP contribution in [0.1, 0.15) is 5.56 Å². The van der Waals surface area contributed by atoms with Crippen molar-refractivity contribution in [3.63, 3.8) is 0 Å². The molecule has 0 aromatic heterocycles. The molecule has 7 heteroatoms. The zero-order valence-electron chi connectivity index (χ0n) is 9.92. The average Bonchev–Trinajstić information content (AvgIpc) is 2.30. The zero-order chi connectivity index (χ0) is 13.1. The van der Waals surface area contributed by atoms with Crippen molar-refractivity contribution >= 4 is 21.8 Å². The Kier molecular flexibility index (Phi) is 4.91. The smallest absolute Gasteiger partial charge is 0.287 e. The molecule has 0 saturated carbocycles. The molecule has 0 N–H and O–H groups in total. The molecule has 0 spiro atoms. The summed E-state index contributed by atoms with van der Waals surface area (Å²) in [5.41, 5.74) is 0.852. The summed E-state index contributed by atoms with van der Waals surface area (Å²) in [5.74, 6) is 0. The molecule has 0 amide bonds. The third-order valence-corrected chi connectivity index (χ3v) is 4.26. The van der Waals surface area contributed by atoms with Crippen LogP contribution in [0.2, 0.25) is 5.02 Å². The van der Waals surface area contributed by atoms with Crippen LogP contribution < -0.4 is 0 Å². The van der Waals surface area contributed by atoms with E-state index in [2.05, 4.69) is 4.84 Å². The van der Waals surface area contributed by atoms with Crippen LogP contribution >= 0.6 is 11.6 Å². The second-order valence-electron chi connectivity index (χ2n) is 3.48. The largest absolute Gasteiger partial charge is 0.303 e. The third-order valence-electron chi connectivity index (χ3n) is 2.29. The van der Waals surface area contributed by atoms with E-state index >= 15 is 0 Å². The van der Waals surface area contributed by atoms with Gasteiger partial charge in [0.1, 0.15) is 0 Å². The maximum atomic E-state index is 11.8. The molecular formula is C10H15ClN2O3S. The highest BCUT2D eigenvalue weighted by Gasteiger charge is 2.23. The molecule has 5 nitrogen and oxygen atoms in total. The first-order chi connectivity index (χ1) is 7.87. The lowest BCUT2D eigenvalue weighted by Gasteiger charge is -2.22. The van der Waals surface area contributed by atoms with Crippen molar-refractivity contribution in [3.05, 3.63) is 34.9 Å². The summed E-state index contributed by atoms with van der Waals surface area (Å²) in [6.07, 6.45) is 0. The summed E-state index contributed by atoms with van der Waals surface area (Å²) in [7, 11) is 0.540. The SMILES string of the molecule is CON(C)S(=O)(=O)N(C)Cc1ccc(Cl)cc1. The fourth-order valence-corrected chi connectivity index (χ4v) is 2.24. The van der Waals surface area contributed by atoms with Crippen molar-refractivity contribution in [2.45, 2.75) is 6.54 Å². The molecule has 17 heavy (non-hydrogen) atoms. The van der Waals surface area contributed by atoms with Crippen LogP contribution in [-0.2, 0) is 21.6 Å². The molecule has 0 fully saturated rings. The van der Waals surface area contributed by atoms with Gasteiger partial charge in [-0.15, -0.1) is 0 Å². The minimum absolute atomic E-state index is 0.257. The van der Waals surface area contributed by atoms with E-state index in [1.54, 1.807) is 24.3 Å². The van der Waals surface area contributed by atoms with Gasteiger partial charge in [0.15, 0.2) is 0 Å². The first-order valence-electron chi connectivity index (χ1n) is 4.86. The predicted octanol–water partition coefficient (Wildman–Crippen LogP) is 1.51. The Morgan fingerprint density at radius 2 is 1.76 bits per heavy atom. The highest BCUT2D eigenvalue weighted by atomic mass is 35.5. The van der Waals surface area contributed by atoms with Crippen LogP contribution in [0.3, 0.4) is 0 Å². The van der Waals surface area contributed by atoms with E-state index < -0.39 is 10.2 Å².